The largest absolute Gasteiger partial charge is 0.465 e. The Labute approximate surface area is 218 Å². The first-order valence-corrected chi connectivity index (χ1v) is 13.3. The summed E-state index contributed by atoms with van der Waals surface area (Å²) in [6.45, 7) is 4.26. The standard InChI is InChI=1S/C30H37N3O4/c1-30(2)27(31-3)22-12-8-11-21(25(22)32-29(30)36)26-24(18-9-6-5-7-10-18)20-14-13-19(28(35)37-4)17-23(20)33(26)15-16-34/h8,11-14,17-18,27,31,34H,5-7,9-10,15-16H2,1-4H3,(H,32,36). The van der Waals surface area contributed by atoms with E-state index >= 15 is 0 Å². The van der Waals surface area contributed by atoms with E-state index in [2.05, 4.69) is 33.4 Å². The van der Waals surface area contributed by atoms with Crippen LogP contribution < -0.4 is 10.6 Å². The summed E-state index contributed by atoms with van der Waals surface area (Å²) in [7, 11) is 3.28. The number of rotatable bonds is 6. The highest BCUT2D eigenvalue weighted by Gasteiger charge is 2.43. The van der Waals surface area contributed by atoms with Gasteiger partial charge in [0.1, 0.15) is 0 Å². The van der Waals surface area contributed by atoms with Crippen LogP contribution in [-0.4, -0.2) is 42.3 Å². The Bertz CT molecular complexity index is 1350. The third kappa shape index (κ3) is 4.14. The number of aliphatic hydroxyl groups is 1. The summed E-state index contributed by atoms with van der Waals surface area (Å²) in [5.74, 6) is -0.0477. The third-order valence-corrected chi connectivity index (χ3v) is 8.36. The number of nitrogens with one attached hydrogen (secondary N) is 2. The number of anilines is 1. The van der Waals surface area contributed by atoms with Gasteiger partial charge >= 0.3 is 5.97 Å². The summed E-state index contributed by atoms with van der Waals surface area (Å²) in [4.78, 5) is 25.7. The summed E-state index contributed by atoms with van der Waals surface area (Å²) >= 11 is 0. The van der Waals surface area contributed by atoms with E-state index in [0.29, 0.717) is 18.0 Å². The van der Waals surface area contributed by atoms with Crippen LogP contribution in [0.25, 0.3) is 22.2 Å². The van der Waals surface area contributed by atoms with Crippen LogP contribution in [0.2, 0.25) is 0 Å². The number of aliphatic hydroxyl groups excluding tert-OH is 1. The van der Waals surface area contributed by atoms with E-state index < -0.39 is 5.41 Å². The number of esters is 1. The molecule has 2 aliphatic rings. The molecule has 0 radical (unpaired) electrons. The Morgan fingerprint density at radius 3 is 2.62 bits per heavy atom. The molecule has 2 heterocycles. The van der Waals surface area contributed by atoms with Crippen molar-refractivity contribution in [2.45, 2.75) is 64.5 Å². The number of hydrogen-bond acceptors (Lipinski definition) is 5. The van der Waals surface area contributed by atoms with Gasteiger partial charge in [0.25, 0.3) is 0 Å². The first-order valence-electron chi connectivity index (χ1n) is 13.3. The molecule has 2 aromatic carbocycles. The number of fused-ring (bicyclic) bond motifs is 2. The molecular weight excluding hydrogens is 466 g/mol. The monoisotopic (exact) mass is 503 g/mol. The van der Waals surface area contributed by atoms with E-state index in [-0.39, 0.29) is 24.5 Å². The normalized spacial score (nSPS) is 19.5. The van der Waals surface area contributed by atoms with Gasteiger partial charge in [-0.1, -0.05) is 43.5 Å². The number of carbonyl (C=O) groups is 2. The van der Waals surface area contributed by atoms with E-state index in [9.17, 15) is 14.7 Å². The van der Waals surface area contributed by atoms with Crippen LogP contribution in [0.3, 0.4) is 0 Å². The van der Waals surface area contributed by atoms with Gasteiger partial charge in [-0.2, -0.15) is 0 Å². The van der Waals surface area contributed by atoms with Crippen molar-refractivity contribution in [3.8, 4) is 11.3 Å². The van der Waals surface area contributed by atoms with E-state index in [0.717, 1.165) is 46.3 Å². The lowest BCUT2D eigenvalue weighted by Gasteiger charge is -2.39. The molecule has 0 bridgehead atoms. The SMILES string of the molecule is CNC1c2cccc(-c3c(C4CCCCC4)c4ccc(C(=O)OC)cc4n3CCO)c2NC(=O)C1(C)C. The Hall–Kier alpha value is -3.16. The minimum Gasteiger partial charge on any atom is -0.465 e. The minimum atomic E-state index is -0.611. The molecule has 196 valence electrons. The topological polar surface area (TPSA) is 92.6 Å². The maximum Gasteiger partial charge on any atom is 0.337 e. The van der Waals surface area contributed by atoms with Crippen molar-refractivity contribution in [1.29, 1.82) is 0 Å². The van der Waals surface area contributed by atoms with Gasteiger partial charge < -0.3 is 25.0 Å². The molecule has 5 rings (SSSR count). The van der Waals surface area contributed by atoms with Gasteiger partial charge in [0.05, 0.1) is 36.1 Å². The number of para-hydroxylation sites is 1. The Kier molecular flexibility index (Phi) is 6.86. The third-order valence-electron chi connectivity index (χ3n) is 8.36. The number of methoxy groups -OCH3 is 1. The minimum absolute atomic E-state index is 0.0242. The number of hydrogen-bond donors (Lipinski definition) is 3. The lowest BCUT2D eigenvalue weighted by atomic mass is 9.75. The maximum absolute atomic E-state index is 13.3. The van der Waals surface area contributed by atoms with Gasteiger partial charge in [-0.05, 0) is 62.9 Å². The molecular formula is C30H37N3O4. The number of aromatic nitrogens is 1. The molecule has 0 spiro atoms. The van der Waals surface area contributed by atoms with Crippen LogP contribution >= 0.6 is 0 Å². The Balaban J connectivity index is 1.83. The maximum atomic E-state index is 13.3. The summed E-state index contributed by atoms with van der Waals surface area (Å²) in [5, 5.41) is 17.8. The van der Waals surface area contributed by atoms with E-state index in [1.54, 1.807) is 0 Å². The number of ether oxygens (including phenoxy) is 1. The molecule has 1 fully saturated rings. The van der Waals surface area contributed by atoms with Gasteiger partial charge in [0.2, 0.25) is 5.91 Å². The molecule has 0 saturated heterocycles. The predicted molar refractivity (Wildman–Crippen MR) is 146 cm³/mol. The molecule has 1 aliphatic heterocycles. The van der Waals surface area contributed by atoms with Crippen molar-refractivity contribution in [1.82, 2.24) is 9.88 Å². The van der Waals surface area contributed by atoms with Crippen LogP contribution in [0.5, 0.6) is 0 Å². The lowest BCUT2D eigenvalue weighted by Crippen LogP contribution is -2.45. The van der Waals surface area contributed by atoms with Gasteiger partial charge in [-0.15, -0.1) is 0 Å². The molecule has 1 unspecified atom stereocenters. The Morgan fingerprint density at radius 2 is 1.95 bits per heavy atom. The second kappa shape index (κ2) is 9.95. The van der Waals surface area contributed by atoms with Crippen LogP contribution in [0.1, 0.15) is 79.4 Å². The second-order valence-electron chi connectivity index (χ2n) is 10.9. The molecule has 7 nitrogen and oxygen atoms in total. The molecule has 7 heteroatoms. The van der Waals surface area contributed by atoms with Crippen molar-refractivity contribution in [2.75, 3.05) is 26.1 Å². The van der Waals surface area contributed by atoms with Crippen LogP contribution in [-0.2, 0) is 16.1 Å². The fraction of sp³-hybridized carbons (Fsp3) is 0.467. The Morgan fingerprint density at radius 1 is 1.19 bits per heavy atom. The van der Waals surface area contributed by atoms with Crippen molar-refractivity contribution in [2.24, 2.45) is 5.41 Å². The van der Waals surface area contributed by atoms with Gasteiger partial charge in [-0.3, -0.25) is 4.79 Å². The number of nitrogens with zero attached hydrogens (tertiary/aromatic N) is 1. The molecule has 1 aliphatic carbocycles. The molecule has 3 aromatic rings. The van der Waals surface area contributed by atoms with Crippen molar-refractivity contribution >= 4 is 28.5 Å². The van der Waals surface area contributed by atoms with Gasteiger partial charge in [0, 0.05) is 29.1 Å². The van der Waals surface area contributed by atoms with Crippen molar-refractivity contribution in [3.63, 3.8) is 0 Å². The molecule has 1 amide bonds. The summed E-state index contributed by atoms with van der Waals surface area (Å²) in [5.41, 5.74) is 5.85. The average molecular weight is 504 g/mol. The molecule has 1 saturated carbocycles. The highest BCUT2D eigenvalue weighted by Crippen LogP contribution is 2.50. The highest BCUT2D eigenvalue weighted by atomic mass is 16.5. The van der Waals surface area contributed by atoms with Crippen LogP contribution in [0.15, 0.2) is 36.4 Å². The average Bonchev–Trinajstić information content (AvgIpc) is 3.22. The fourth-order valence-electron chi connectivity index (χ4n) is 6.51. The smallest absolute Gasteiger partial charge is 0.337 e. The first kappa shape index (κ1) is 25.5. The molecule has 37 heavy (non-hydrogen) atoms. The van der Waals surface area contributed by atoms with Crippen molar-refractivity contribution < 1.29 is 19.4 Å². The number of benzene rings is 2. The molecule has 3 N–H and O–H groups in total. The summed E-state index contributed by atoms with van der Waals surface area (Å²) in [6, 6.07) is 11.8. The highest BCUT2D eigenvalue weighted by molar-refractivity contribution is 6.05. The van der Waals surface area contributed by atoms with E-state index in [1.165, 1.54) is 31.9 Å². The van der Waals surface area contributed by atoms with Gasteiger partial charge in [0.15, 0.2) is 0 Å². The predicted octanol–water partition coefficient (Wildman–Crippen LogP) is 5.37. The summed E-state index contributed by atoms with van der Waals surface area (Å²) < 4.78 is 7.13. The van der Waals surface area contributed by atoms with Crippen molar-refractivity contribution in [3.05, 3.63) is 53.1 Å². The zero-order chi connectivity index (χ0) is 26.3. The van der Waals surface area contributed by atoms with Gasteiger partial charge in [-0.25, -0.2) is 4.79 Å². The number of amides is 1. The first-order chi connectivity index (χ1) is 17.8. The quantitative estimate of drug-likeness (QED) is 0.393. The summed E-state index contributed by atoms with van der Waals surface area (Å²) in [6.07, 6.45) is 5.78. The zero-order valence-corrected chi connectivity index (χ0v) is 22.2. The molecule has 1 atom stereocenters. The lowest BCUT2D eigenvalue weighted by molar-refractivity contribution is -0.126. The van der Waals surface area contributed by atoms with E-state index in [1.807, 2.05) is 39.1 Å². The van der Waals surface area contributed by atoms with Crippen LogP contribution in [0, 0.1) is 5.41 Å². The van der Waals surface area contributed by atoms with E-state index in [4.69, 9.17) is 4.74 Å². The van der Waals surface area contributed by atoms with Crippen LogP contribution in [0.4, 0.5) is 5.69 Å². The zero-order valence-electron chi connectivity index (χ0n) is 22.2. The fourth-order valence-corrected chi connectivity index (χ4v) is 6.51. The second-order valence-corrected chi connectivity index (χ2v) is 10.9. The molecule has 1 aromatic heterocycles. The number of carbonyl (C=O) groups excluding carboxylic acids is 2.